The summed E-state index contributed by atoms with van der Waals surface area (Å²) in [5.74, 6) is 0.129. The molecule has 0 amide bonds. The van der Waals surface area contributed by atoms with Gasteiger partial charge in [0.1, 0.15) is 0 Å². The summed E-state index contributed by atoms with van der Waals surface area (Å²) in [5.41, 5.74) is 5.96. The summed E-state index contributed by atoms with van der Waals surface area (Å²) in [7, 11) is 0. The first-order valence-electron chi connectivity index (χ1n) is 6.27. The average Bonchev–Trinajstić information content (AvgIpc) is 2.59. The molecule has 90 valence electrons. The minimum atomic E-state index is -0.0165. The van der Waals surface area contributed by atoms with Gasteiger partial charge in [-0.1, -0.05) is 50.2 Å². The summed E-state index contributed by atoms with van der Waals surface area (Å²) in [6.07, 6.45) is 0. The monoisotopic (exact) mass is 236 g/mol. The van der Waals surface area contributed by atoms with Crippen molar-refractivity contribution in [3.8, 4) is 11.1 Å². The summed E-state index contributed by atoms with van der Waals surface area (Å²) in [6.45, 7) is 6.07. The Morgan fingerprint density at radius 1 is 0.944 bits per heavy atom. The predicted octanol–water partition coefficient (Wildman–Crippen LogP) is 4.20. The van der Waals surface area contributed by atoms with Gasteiger partial charge < -0.3 is 0 Å². The number of Topliss-reactive ketones (excluding diaryl/α,β-unsaturated/α-hetero) is 1. The Bertz CT molecular complexity index is 650. The van der Waals surface area contributed by atoms with E-state index in [9.17, 15) is 4.79 Å². The van der Waals surface area contributed by atoms with Gasteiger partial charge in [-0.05, 0) is 35.2 Å². The molecular formula is C17H16O. The quantitative estimate of drug-likeness (QED) is 0.678. The standard InChI is InChI=1S/C17H16O/c1-11(18)12-8-9-14-13-6-4-5-7-15(13)17(2,3)16(14)10-12/h4-10H,1-3H3. The third-order valence-corrected chi connectivity index (χ3v) is 3.99. The molecule has 0 aromatic heterocycles. The van der Waals surface area contributed by atoms with Gasteiger partial charge in [-0.15, -0.1) is 0 Å². The highest BCUT2D eigenvalue weighted by Crippen LogP contribution is 2.48. The van der Waals surface area contributed by atoms with Gasteiger partial charge in [0.25, 0.3) is 0 Å². The molecular weight excluding hydrogens is 220 g/mol. The maximum atomic E-state index is 11.5. The van der Waals surface area contributed by atoms with Crippen LogP contribution < -0.4 is 0 Å². The van der Waals surface area contributed by atoms with Gasteiger partial charge in [-0.25, -0.2) is 0 Å². The van der Waals surface area contributed by atoms with Crippen LogP contribution in [0.2, 0.25) is 0 Å². The van der Waals surface area contributed by atoms with Crippen molar-refractivity contribution in [2.45, 2.75) is 26.2 Å². The van der Waals surface area contributed by atoms with Gasteiger partial charge in [0.05, 0.1) is 0 Å². The highest BCUT2D eigenvalue weighted by Gasteiger charge is 2.35. The molecule has 1 aliphatic carbocycles. The van der Waals surface area contributed by atoms with Crippen LogP contribution in [0, 0.1) is 0 Å². The molecule has 0 bridgehead atoms. The smallest absolute Gasteiger partial charge is 0.159 e. The molecule has 0 aliphatic heterocycles. The van der Waals surface area contributed by atoms with Crippen LogP contribution in [0.5, 0.6) is 0 Å². The number of ketones is 1. The maximum Gasteiger partial charge on any atom is 0.159 e. The first-order chi connectivity index (χ1) is 8.51. The maximum absolute atomic E-state index is 11.5. The Balaban J connectivity index is 2.31. The molecule has 18 heavy (non-hydrogen) atoms. The zero-order valence-electron chi connectivity index (χ0n) is 10.9. The van der Waals surface area contributed by atoms with Crippen LogP contribution in [-0.2, 0) is 5.41 Å². The van der Waals surface area contributed by atoms with Gasteiger partial charge in [0.2, 0.25) is 0 Å². The molecule has 0 N–H and O–H groups in total. The van der Waals surface area contributed by atoms with E-state index in [1.807, 2.05) is 6.07 Å². The van der Waals surface area contributed by atoms with Crippen LogP contribution in [0.25, 0.3) is 11.1 Å². The van der Waals surface area contributed by atoms with Crippen molar-refractivity contribution >= 4 is 5.78 Å². The van der Waals surface area contributed by atoms with Crippen LogP contribution in [0.3, 0.4) is 0 Å². The fourth-order valence-corrected chi connectivity index (χ4v) is 2.92. The second-order valence-corrected chi connectivity index (χ2v) is 5.49. The van der Waals surface area contributed by atoms with E-state index in [0.717, 1.165) is 5.56 Å². The number of fused-ring (bicyclic) bond motifs is 3. The Kier molecular flexibility index (Phi) is 2.21. The fraction of sp³-hybridized carbons (Fsp3) is 0.235. The molecule has 0 radical (unpaired) electrons. The fourth-order valence-electron chi connectivity index (χ4n) is 2.92. The first kappa shape index (κ1) is 11.2. The average molecular weight is 236 g/mol. The largest absolute Gasteiger partial charge is 0.295 e. The number of hydrogen-bond donors (Lipinski definition) is 0. The van der Waals surface area contributed by atoms with Crippen LogP contribution in [0.4, 0.5) is 0 Å². The molecule has 1 nitrogen and oxygen atoms in total. The number of benzene rings is 2. The second kappa shape index (κ2) is 3.55. The summed E-state index contributed by atoms with van der Waals surface area (Å²) < 4.78 is 0. The minimum Gasteiger partial charge on any atom is -0.295 e. The van der Waals surface area contributed by atoms with Crippen LogP contribution >= 0.6 is 0 Å². The lowest BCUT2D eigenvalue weighted by Gasteiger charge is -2.21. The minimum absolute atomic E-state index is 0.0165. The van der Waals surface area contributed by atoms with E-state index in [2.05, 4.69) is 50.2 Å². The van der Waals surface area contributed by atoms with Crippen molar-refractivity contribution in [2.75, 3.05) is 0 Å². The van der Waals surface area contributed by atoms with E-state index in [1.165, 1.54) is 22.3 Å². The Morgan fingerprint density at radius 3 is 2.33 bits per heavy atom. The molecule has 0 saturated heterocycles. The van der Waals surface area contributed by atoms with Crippen molar-refractivity contribution in [1.29, 1.82) is 0 Å². The molecule has 0 atom stereocenters. The first-order valence-corrected chi connectivity index (χ1v) is 6.27. The van der Waals surface area contributed by atoms with Gasteiger partial charge >= 0.3 is 0 Å². The molecule has 2 aromatic carbocycles. The molecule has 1 heteroatoms. The lowest BCUT2D eigenvalue weighted by molar-refractivity contribution is 0.101. The molecule has 2 aromatic rings. The van der Waals surface area contributed by atoms with E-state index in [1.54, 1.807) is 6.92 Å². The van der Waals surface area contributed by atoms with Gasteiger partial charge in [0, 0.05) is 11.0 Å². The van der Waals surface area contributed by atoms with Crippen molar-refractivity contribution < 1.29 is 4.79 Å². The van der Waals surface area contributed by atoms with Crippen LogP contribution in [0.15, 0.2) is 42.5 Å². The number of hydrogen-bond acceptors (Lipinski definition) is 1. The summed E-state index contributed by atoms with van der Waals surface area (Å²) in [5, 5.41) is 0. The van der Waals surface area contributed by atoms with Crippen molar-refractivity contribution in [3.63, 3.8) is 0 Å². The Hall–Kier alpha value is -1.89. The van der Waals surface area contributed by atoms with E-state index >= 15 is 0 Å². The predicted molar refractivity (Wildman–Crippen MR) is 74.0 cm³/mol. The topological polar surface area (TPSA) is 17.1 Å². The van der Waals surface area contributed by atoms with Gasteiger partial charge in [-0.3, -0.25) is 4.79 Å². The van der Waals surface area contributed by atoms with E-state index in [-0.39, 0.29) is 11.2 Å². The Labute approximate surface area is 107 Å². The lowest BCUT2D eigenvalue weighted by Crippen LogP contribution is -2.15. The third-order valence-electron chi connectivity index (χ3n) is 3.99. The third kappa shape index (κ3) is 1.37. The van der Waals surface area contributed by atoms with Crippen molar-refractivity contribution in [3.05, 3.63) is 59.2 Å². The molecule has 1 aliphatic rings. The highest BCUT2D eigenvalue weighted by atomic mass is 16.1. The van der Waals surface area contributed by atoms with E-state index in [4.69, 9.17) is 0 Å². The zero-order valence-corrected chi connectivity index (χ0v) is 10.9. The van der Waals surface area contributed by atoms with E-state index in [0.29, 0.717) is 0 Å². The van der Waals surface area contributed by atoms with Crippen molar-refractivity contribution in [2.24, 2.45) is 0 Å². The number of rotatable bonds is 1. The molecule has 0 heterocycles. The number of carbonyl (C=O) groups excluding carboxylic acids is 1. The zero-order chi connectivity index (χ0) is 12.9. The Morgan fingerprint density at radius 2 is 1.61 bits per heavy atom. The van der Waals surface area contributed by atoms with E-state index < -0.39 is 0 Å². The highest BCUT2D eigenvalue weighted by molar-refractivity contribution is 5.96. The molecule has 0 fully saturated rings. The number of carbonyl (C=O) groups is 1. The summed E-state index contributed by atoms with van der Waals surface area (Å²) in [6, 6.07) is 14.6. The lowest BCUT2D eigenvalue weighted by atomic mass is 9.82. The van der Waals surface area contributed by atoms with Crippen LogP contribution in [0.1, 0.15) is 42.3 Å². The second-order valence-electron chi connectivity index (χ2n) is 5.49. The van der Waals surface area contributed by atoms with Gasteiger partial charge in [-0.2, -0.15) is 0 Å². The molecule has 0 saturated carbocycles. The summed E-state index contributed by atoms with van der Waals surface area (Å²) >= 11 is 0. The van der Waals surface area contributed by atoms with Crippen LogP contribution in [-0.4, -0.2) is 5.78 Å². The molecule has 3 rings (SSSR count). The van der Waals surface area contributed by atoms with Gasteiger partial charge in [0.15, 0.2) is 5.78 Å². The van der Waals surface area contributed by atoms with Crippen molar-refractivity contribution in [1.82, 2.24) is 0 Å². The SMILES string of the molecule is CC(=O)c1ccc2c(c1)C(C)(C)c1ccccc1-2. The molecule has 0 spiro atoms. The summed E-state index contributed by atoms with van der Waals surface area (Å²) in [4.78, 5) is 11.5. The normalized spacial score (nSPS) is 15.1. The molecule has 0 unspecified atom stereocenters.